The molecular formula is C24H25NO7S. The van der Waals surface area contributed by atoms with Gasteiger partial charge in [0.2, 0.25) is 0 Å². The molecule has 0 amide bonds. The number of rotatable bonds is 4. The second kappa shape index (κ2) is 7.27. The van der Waals surface area contributed by atoms with E-state index < -0.39 is 34.0 Å². The number of likely N-dealkylation sites (N-methyl/N-ethyl adjacent to an activating group) is 1. The van der Waals surface area contributed by atoms with Crippen molar-refractivity contribution in [1.82, 2.24) is 4.90 Å². The number of carbonyl (C=O) groups is 1. The Kier molecular flexibility index (Phi) is 4.65. The van der Waals surface area contributed by atoms with Crippen LogP contribution in [0, 0.1) is 5.92 Å². The van der Waals surface area contributed by atoms with Crippen molar-refractivity contribution in [2.45, 2.75) is 49.3 Å². The van der Waals surface area contributed by atoms with Gasteiger partial charge in [0, 0.05) is 17.0 Å². The predicted molar refractivity (Wildman–Crippen MR) is 118 cm³/mol. The highest BCUT2D eigenvalue weighted by Crippen LogP contribution is 2.64. The molecule has 0 aromatic heterocycles. The Hall–Kier alpha value is -2.46. The summed E-state index contributed by atoms with van der Waals surface area (Å²) in [6.45, 7) is 0.840. The molecule has 0 radical (unpaired) electrons. The van der Waals surface area contributed by atoms with Crippen molar-refractivity contribution in [3.63, 3.8) is 0 Å². The third kappa shape index (κ3) is 3.13. The third-order valence-electron chi connectivity index (χ3n) is 7.98. The largest absolute Gasteiger partial charge is 0.482 e. The molecule has 174 valence electrons. The van der Waals surface area contributed by atoms with E-state index in [9.17, 15) is 17.8 Å². The van der Waals surface area contributed by atoms with E-state index in [1.165, 1.54) is 0 Å². The number of benzene rings is 2. The maximum Gasteiger partial charge on any atom is 0.397 e. The van der Waals surface area contributed by atoms with Crippen LogP contribution >= 0.6 is 0 Å². The quantitative estimate of drug-likeness (QED) is 0.413. The minimum Gasteiger partial charge on any atom is -0.482 e. The normalized spacial score (nSPS) is 32.1. The van der Waals surface area contributed by atoms with Gasteiger partial charge < -0.3 is 14.4 Å². The van der Waals surface area contributed by atoms with Crippen molar-refractivity contribution in [2.75, 3.05) is 13.6 Å². The number of ether oxygens (including phenoxy) is 2. The summed E-state index contributed by atoms with van der Waals surface area (Å²) in [5.41, 5.74) is 2.14. The van der Waals surface area contributed by atoms with Gasteiger partial charge in [-0.15, -0.1) is 0 Å². The van der Waals surface area contributed by atoms with Crippen LogP contribution in [-0.4, -0.2) is 55.7 Å². The van der Waals surface area contributed by atoms with Crippen LogP contribution in [0.2, 0.25) is 0 Å². The summed E-state index contributed by atoms with van der Waals surface area (Å²) in [4.78, 5) is 15.2. The molecule has 1 saturated heterocycles. The van der Waals surface area contributed by atoms with Gasteiger partial charge in [-0.2, -0.15) is 8.42 Å². The zero-order chi connectivity index (χ0) is 23.0. The minimum absolute atomic E-state index is 0.260. The molecule has 5 unspecified atom stereocenters. The van der Waals surface area contributed by atoms with E-state index >= 15 is 0 Å². The highest BCUT2D eigenvalue weighted by Gasteiger charge is 2.66. The van der Waals surface area contributed by atoms with Crippen LogP contribution < -0.4 is 9.47 Å². The van der Waals surface area contributed by atoms with E-state index in [0.717, 1.165) is 36.9 Å². The summed E-state index contributed by atoms with van der Waals surface area (Å²) in [6.07, 6.45) is 1.47. The molecule has 1 spiro atoms. The van der Waals surface area contributed by atoms with Gasteiger partial charge in [0.15, 0.2) is 11.5 Å². The lowest BCUT2D eigenvalue weighted by molar-refractivity contribution is -0.0918. The molecule has 2 aliphatic heterocycles. The Morgan fingerprint density at radius 2 is 1.97 bits per heavy atom. The average molecular weight is 472 g/mol. The van der Waals surface area contributed by atoms with Gasteiger partial charge in [-0.1, -0.05) is 24.3 Å². The first-order valence-electron chi connectivity index (χ1n) is 11.2. The summed E-state index contributed by atoms with van der Waals surface area (Å²) in [7, 11) is -2.51. The lowest BCUT2D eigenvalue weighted by Gasteiger charge is -2.58. The molecule has 4 aliphatic rings. The van der Waals surface area contributed by atoms with E-state index in [1.54, 1.807) is 30.3 Å². The molecule has 1 saturated carbocycles. The lowest BCUT2D eigenvalue weighted by Crippen LogP contribution is -2.66. The number of hydrogen-bond donors (Lipinski definition) is 1. The van der Waals surface area contributed by atoms with Gasteiger partial charge in [-0.3, -0.25) is 4.55 Å². The first-order valence-corrected chi connectivity index (χ1v) is 12.6. The molecule has 2 heterocycles. The average Bonchev–Trinajstić information content (AvgIpc) is 3.13. The smallest absolute Gasteiger partial charge is 0.397 e. The molecule has 33 heavy (non-hydrogen) atoms. The van der Waals surface area contributed by atoms with Crippen LogP contribution in [0.1, 0.15) is 40.7 Å². The van der Waals surface area contributed by atoms with Crippen LogP contribution in [-0.2, 0) is 26.4 Å². The number of hydrogen-bond acceptors (Lipinski definition) is 7. The highest BCUT2D eigenvalue weighted by molar-refractivity contribution is 7.80. The second-order valence-corrected chi connectivity index (χ2v) is 10.6. The molecule has 2 bridgehead atoms. The van der Waals surface area contributed by atoms with Crippen LogP contribution in [0.5, 0.6) is 11.5 Å². The molecule has 9 heteroatoms. The van der Waals surface area contributed by atoms with Gasteiger partial charge in [-0.05, 0) is 69.0 Å². The molecule has 1 N–H and O–H groups in total. The number of esters is 1. The molecule has 6 rings (SSSR count). The Labute approximate surface area is 192 Å². The Bertz CT molecular complexity index is 1230. The Balaban J connectivity index is 1.46. The molecular weight excluding hydrogens is 446 g/mol. The molecule has 2 fully saturated rings. The van der Waals surface area contributed by atoms with Crippen LogP contribution in [0.4, 0.5) is 0 Å². The van der Waals surface area contributed by atoms with Crippen LogP contribution in [0.15, 0.2) is 42.5 Å². The van der Waals surface area contributed by atoms with Gasteiger partial charge in [-0.25, -0.2) is 8.98 Å². The zero-order valence-electron chi connectivity index (χ0n) is 18.1. The maximum atomic E-state index is 12.8. The van der Waals surface area contributed by atoms with Crippen molar-refractivity contribution in [2.24, 2.45) is 5.92 Å². The van der Waals surface area contributed by atoms with E-state index in [1.807, 2.05) is 12.1 Å². The summed E-state index contributed by atoms with van der Waals surface area (Å²) < 4.78 is 50.0. The number of piperidine rings is 1. The fraction of sp³-hybridized carbons (Fsp3) is 0.458. The first-order chi connectivity index (χ1) is 15.8. The maximum absolute atomic E-state index is 12.8. The molecule has 8 nitrogen and oxygen atoms in total. The topological polar surface area (TPSA) is 102 Å². The number of nitrogens with zero attached hydrogens (tertiary/aromatic N) is 1. The first kappa shape index (κ1) is 21.1. The van der Waals surface area contributed by atoms with E-state index in [2.05, 4.69) is 11.9 Å². The third-order valence-corrected chi connectivity index (χ3v) is 8.47. The number of carbonyl (C=O) groups excluding carboxylic acids is 1. The van der Waals surface area contributed by atoms with E-state index in [4.69, 9.17) is 13.7 Å². The lowest BCUT2D eigenvalue weighted by atomic mass is 9.51. The molecule has 2 aromatic rings. The summed E-state index contributed by atoms with van der Waals surface area (Å²) in [5.74, 6) is 0.604. The predicted octanol–water partition coefficient (Wildman–Crippen LogP) is 2.76. The van der Waals surface area contributed by atoms with Crippen molar-refractivity contribution in [3.05, 3.63) is 59.2 Å². The van der Waals surface area contributed by atoms with Crippen molar-refractivity contribution < 1.29 is 31.4 Å². The van der Waals surface area contributed by atoms with Crippen LogP contribution in [0.25, 0.3) is 0 Å². The molecule has 2 aliphatic carbocycles. The number of likely N-dealkylation sites (tertiary alicyclic amines) is 1. The fourth-order valence-corrected chi connectivity index (χ4v) is 7.26. The Morgan fingerprint density at radius 1 is 1.18 bits per heavy atom. The highest BCUT2D eigenvalue weighted by atomic mass is 32.3. The van der Waals surface area contributed by atoms with Gasteiger partial charge in [0.1, 0.15) is 12.2 Å². The minimum atomic E-state index is -4.64. The van der Waals surface area contributed by atoms with Gasteiger partial charge >= 0.3 is 16.4 Å². The van der Waals surface area contributed by atoms with Crippen molar-refractivity contribution in [3.8, 4) is 11.5 Å². The molecule has 5 atom stereocenters. The van der Waals surface area contributed by atoms with Crippen molar-refractivity contribution in [1.29, 1.82) is 0 Å². The summed E-state index contributed by atoms with van der Waals surface area (Å²) >= 11 is 0. The van der Waals surface area contributed by atoms with E-state index in [0.29, 0.717) is 29.5 Å². The second-order valence-electron chi connectivity index (χ2n) is 9.51. The summed E-state index contributed by atoms with van der Waals surface area (Å²) in [6, 6.07) is 12.8. The fourth-order valence-electron chi connectivity index (χ4n) is 6.75. The van der Waals surface area contributed by atoms with Gasteiger partial charge in [0.25, 0.3) is 0 Å². The van der Waals surface area contributed by atoms with Gasteiger partial charge in [0.05, 0.1) is 5.56 Å². The monoisotopic (exact) mass is 471 g/mol. The molecule has 2 aromatic carbocycles. The SMILES string of the molecule is CN1CCC23c4c5ccc(OC(=O)c6ccccc6)c4OC2C(OS(=O)(=O)O)CCC3C1C5. The Morgan fingerprint density at radius 3 is 2.73 bits per heavy atom. The zero-order valence-corrected chi connectivity index (χ0v) is 19.0. The van der Waals surface area contributed by atoms with Crippen molar-refractivity contribution >= 4 is 16.4 Å². The standard InChI is InChI=1S/C24H25NO7S/c1-25-12-11-24-16-8-10-19(32-33(27,28)29)22(24)31-21-18(9-7-15(20(21)24)13-17(16)25)30-23(26)14-5-3-2-4-6-14/h2-7,9,16-17,19,22H,8,10-13H2,1H3,(H,27,28,29). The summed E-state index contributed by atoms with van der Waals surface area (Å²) in [5, 5.41) is 0. The van der Waals surface area contributed by atoms with E-state index in [-0.39, 0.29) is 5.92 Å². The van der Waals surface area contributed by atoms with Crippen LogP contribution in [0.3, 0.4) is 0 Å².